The van der Waals surface area contributed by atoms with Crippen LogP contribution in [0.2, 0.25) is 0 Å². The first-order valence-electron chi connectivity index (χ1n) is 7.46. The highest BCUT2D eigenvalue weighted by Crippen LogP contribution is 2.46. The molecule has 0 unspecified atom stereocenters. The number of benzene rings is 1. The zero-order valence-electron chi connectivity index (χ0n) is 12.1. The average molecular weight is 305 g/mol. The fourth-order valence-electron chi connectivity index (χ4n) is 3.15. The number of rotatable bonds is 0. The van der Waals surface area contributed by atoms with Crippen molar-refractivity contribution in [2.75, 3.05) is 13.1 Å². The molecule has 1 fully saturated rings. The van der Waals surface area contributed by atoms with E-state index in [-0.39, 0.29) is 0 Å². The molecule has 2 aliphatic rings. The summed E-state index contributed by atoms with van der Waals surface area (Å²) in [6.07, 6.45) is 6.01. The monoisotopic (exact) mass is 305 g/mol. The van der Waals surface area contributed by atoms with E-state index in [4.69, 9.17) is 5.26 Å². The van der Waals surface area contributed by atoms with Crippen LogP contribution in [0.15, 0.2) is 58.0 Å². The minimum Gasteiger partial charge on any atom is -0.310 e. The van der Waals surface area contributed by atoms with Crippen LogP contribution in [0.25, 0.3) is 5.57 Å². The molecule has 1 aromatic carbocycles. The molecule has 3 heterocycles. The van der Waals surface area contributed by atoms with E-state index in [1.165, 1.54) is 26.5 Å². The number of hydrogen-bond acceptors (Lipinski definition) is 4. The molecule has 0 bridgehead atoms. The second kappa shape index (κ2) is 5.51. The average Bonchev–Trinajstić information content (AvgIpc) is 2.60. The Kier molecular flexibility index (Phi) is 3.36. The number of fused-ring (bicyclic) bond motifs is 2. The molecule has 4 heteroatoms. The Bertz CT molecular complexity index is 746. The Hall–Kier alpha value is -2.25. The highest BCUT2D eigenvalue weighted by molar-refractivity contribution is 7.99. The molecule has 1 aromatic heterocycles. The first-order valence-corrected chi connectivity index (χ1v) is 8.28. The van der Waals surface area contributed by atoms with Gasteiger partial charge in [0.15, 0.2) is 6.19 Å². The standard InChI is InChI=1S/C18H15N3S/c19-12-21-10-7-13(8-11-21)17-14-4-1-2-5-15(14)22-16-6-3-9-20-18(16)17/h1-6,9H,7-8,10-11H2. The maximum absolute atomic E-state index is 9.05. The van der Waals surface area contributed by atoms with Gasteiger partial charge in [-0.1, -0.05) is 35.5 Å². The lowest BCUT2D eigenvalue weighted by molar-refractivity contribution is 0.365. The molecule has 0 N–H and O–H groups in total. The van der Waals surface area contributed by atoms with E-state index in [0.717, 1.165) is 31.6 Å². The van der Waals surface area contributed by atoms with Gasteiger partial charge in [-0.2, -0.15) is 5.26 Å². The number of aromatic nitrogens is 1. The Labute approximate surface area is 134 Å². The number of pyridine rings is 1. The highest BCUT2D eigenvalue weighted by atomic mass is 32.2. The van der Waals surface area contributed by atoms with Crippen LogP contribution in [0, 0.1) is 11.5 Å². The van der Waals surface area contributed by atoms with Gasteiger partial charge in [-0.15, -0.1) is 0 Å². The summed E-state index contributed by atoms with van der Waals surface area (Å²) in [7, 11) is 0. The lowest BCUT2D eigenvalue weighted by Crippen LogP contribution is -2.26. The van der Waals surface area contributed by atoms with E-state index >= 15 is 0 Å². The summed E-state index contributed by atoms with van der Waals surface area (Å²) in [5.41, 5.74) is 5.12. The minimum absolute atomic E-state index is 0.812. The molecule has 0 atom stereocenters. The van der Waals surface area contributed by atoms with Crippen LogP contribution in [0.5, 0.6) is 0 Å². The van der Waals surface area contributed by atoms with Crippen molar-refractivity contribution in [2.24, 2.45) is 0 Å². The van der Waals surface area contributed by atoms with Crippen molar-refractivity contribution in [1.82, 2.24) is 9.88 Å². The van der Waals surface area contributed by atoms with E-state index in [1.54, 1.807) is 11.8 Å². The summed E-state index contributed by atoms with van der Waals surface area (Å²) >= 11 is 1.80. The lowest BCUT2D eigenvalue weighted by atomic mass is 9.90. The van der Waals surface area contributed by atoms with Crippen molar-refractivity contribution >= 4 is 17.3 Å². The zero-order chi connectivity index (χ0) is 14.9. The fraction of sp³-hybridized carbons (Fsp3) is 0.222. The third-order valence-corrected chi connectivity index (χ3v) is 5.37. The van der Waals surface area contributed by atoms with E-state index in [0.29, 0.717) is 0 Å². The molecular weight excluding hydrogens is 290 g/mol. The van der Waals surface area contributed by atoms with Crippen LogP contribution in [0.3, 0.4) is 0 Å². The van der Waals surface area contributed by atoms with Crippen molar-refractivity contribution in [1.29, 1.82) is 5.26 Å². The van der Waals surface area contributed by atoms with Crippen LogP contribution < -0.4 is 0 Å². The second-order valence-corrected chi connectivity index (χ2v) is 6.60. The minimum atomic E-state index is 0.812. The van der Waals surface area contributed by atoms with Crippen molar-refractivity contribution in [2.45, 2.75) is 22.6 Å². The van der Waals surface area contributed by atoms with Crippen molar-refractivity contribution in [3.05, 3.63) is 59.4 Å². The number of piperidine rings is 1. The predicted molar refractivity (Wildman–Crippen MR) is 87.2 cm³/mol. The molecule has 2 aliphatic heterocycles. The third-order valence-electron chi connectivity index (χ3n) is 4.25. The SMILES string of the molecule is N#CN1CCC(=C2c3ccccc3Sc3cccnc32)CC1. The second-order valence-electron chi connectivity index (χ2n) is 5.51. The van der Waals surface area contributed by atoms with Crippen LogP contribution in [-0.2, 0) is 0 Å². The molecule has 22 heavy (non-hydrogen) atoms. The Morgan fingerprint density at radius 1 is 1.05 bits per heavy atom. The molecule has 108 valence electrons. The first kappa shape index (κ1) is 13.4. The normalized spacial score (nSPS) is 16.8. The number of hydrogen-bond donors (Lipinski definition) is 0. The predicted octanol–water partition coefficient (Wildman–Crippen LogP) is 3.92. The molecule has 0 saturated carbocycles. The molecule has 0 amide bonds. The summed E-state index contributed by atoms with van der Waals surface area (Å²) in [6.45, 7) is 1.62. The van der Waals surface area contributed by atoms with E-state index in [2.05, 4.69) is 41.5 Å². The quantitative estimate of drug-likeness (QED) is 0.590. The summed E-state index contributed by atoms with van der Waals surface area (Å²) in [4.78, 5) is 9.02. The topological polar surface area (TPSA) is 39.9 Å². The van der Waals surface area contributed by atoms with E-state index in [9.17, 15) is 0 Å². The maximum Gasteiger partial charge on any atom is 0.179 e. The zero-order valence-corrected chi connectivity index (χ0v) is 12.9. The maximum atomic E-state index is 9.05. The summed E-state index contributed by atoms with van der Waals surface area (Å²) in [5, 5.41) is 9.05. The third kappa shape index (κ3) is 2.18. The van der Waals surface area contributed by atoms with Crippen molar-refractivity contribution in [3.8, 4) is 6.19 Å². The molecule has 2 aromatic rings. The van der Waals surface area contributed by atoms with E-state index < -0.39 is 0 Å². The van der Waals surface area contributed by atoms with Gasteiger partial charge in [0.2, 0.25) is 0 Å². The summed E-state index contributed by atoms with van der Waals surface area (Å²) in [6, 6.07) is 12.7. The molecule has 3 nitrogen and oxygen atoms in total. The number of likely N-dealkylation sites (tertiary alicyclic amines) is 1. The smallest absolute Gasteiger partial charge is 0.179 e. The van der Waals surface area contributed by atoms with Gasteiger partial charge in [-0.25, -0.2) is 0 Å². The summed E-state index contributed by atoms with van der Waals surface area (Å²) < 4.78 is 0. The Morgan fingerprint density at radius 3 is 2.64 bits per heavy atom. The fourth-order valence-corrected chi connectivity index (χ4v) is 4.22. The molecule has 0 aliphatic carbocycles. The van der Waals surface area contributed by atoms with Gasteiger partial charge in [0.25, 0.3) is 0 Å². The molecule has 4 rings (SSSR count). The van der Waals surface area contributed by atoms with Gasteiger partial charge in [0.1, 0.15) is 0 Å². The number of nitriles is 1. The summed E-state index contributed by atoms with van der Waals surface area (Å²) in [5.74, 6) is 0. The van der Waals surface area contributed by atoms with Crippen LogP contribution in [0.1, 0.15) is 24.1 Å². The van der Waals surface area contributed by atoms with Gasteiger partial charge < -0.3 is 4.90 Å². The van der Waals surface area contributed by atoms with Gasteiger partial charge in [-0.05, 0) is 36.6 Å². The molecule has 0 spiro atoms. The van der Waals surface area contributed by atoms with Gasteiger partial charge in [-0.3, -0.25) is 4.98 Å². The Balaban J connectivity index is 1.87. The first-order chi connectivity index (χ1) is 10.9. The lowest BCUT2D eigenvalue weighted by Gasteiger charge is -2.28. The van der Waals surface area contributed by atoms with E-state index in [1.807, 2.05) is 17.2 Å². The molecule has 0 radical (unpaired) electrons. The van der Waals surface area contributed by atoms with Crippen LogP contribution >= 0.6 is 11.8 Å². The molecular formula is C18H15N3S. The Morgan fingerprint density at radius 2 is 1.82 bits per heavy atom. The van der Waals surface area contributed by atoms with Crippen molar-refractivity contribution < 1.29 is 0 Å². The number of nitrogens with zero attached hydrogens (tertiary/aromatic N) is 3. The van der Waals surface area contributed by atoms with Crippen LogP contribution in [0.4, 0.5) is 0 Å². The van der Waals surface area contributed by atoms with Gasteiger partial charge in [0.05, 0.1) is 5.69 Å². The van der Waals surface area contributed by atoms with Crippen LogP contribution in [-0.4, -0.2) is 23.0 Å². The van der Waals surface area contributed by atoms with Gasteiger partial charge >= 0.3 is 0 Å². The highest BCUT2D eigenvalue weighted by Gasteiger charge is 2.26. The van der Waals surface area contributed by atoms with Gasteiger partial charge in [0, 0.05) is 34.7 Å². The van der Waals surface area contributed by atoms with Crippen molar-refractivity contribution in [3.63, 3.8) is 0 Å². The molecule has 1 saturated heterocycles. The largest absolute Gasteiger partial charge is 0.310 e.